The van der Waals surface area contributed by atoms with E-state index in [2.05, 4.69) is 10.3 Å². The minimum absolute atomic E-state index is 0.164. The summed E-state index contributed by atoms with van der Waals surface area (Å²) in [5, 5.41) is 5.25. The van der Waals surface area contributed by atoms with Crippen LogP contribution in [0.4, 0.5) is 5.69 Å². The third-order valence-corrected chi connectivity index (χ3v) is 5.23. The molecule has 3 N–H and O–H groups in total. The van der Waals surface area contributed by atoms with Crippen molar-refractivity contribution in [3.63, 3.8) is 0 Å². The van der Waals surface area contributed by atoms with Crippen LogP contribution < -0.4 is 11.1 Å². The molecule has 1 unspecified atom stereocenters. The summed E-state index contributed by atoms with van der Waals surface area (Å²) >= 11 is 9.32. The van der Waals surface area contributed by atoms with Crippen LogP contribution in [0.5, 0.6) is 0 Å². The Bertz CT molecular complexity index is 663. The number of carbonyl (C=O) groups excluding carboxylic acids is 1. The number of thiazole rings is 1. The minimum Gasteiger partial charge on any atom is -0.383 e. The van der Waals surface area contributed by atoms with Gasteiger partial charge in [-0.2, -0.15) is 0 Å². The molecule has 118 valence electrons. The zero-order valence-corrected chi connectivity index (χ0v) is 14.5. The van der Waals surface area contributed by atoms with Crippen molar-refractivity contribution in [3.05, 3.63) is 34.3 Å². The van der Waals surface area contributed by atoms with Crippen molar-refractivity contribution in [1.29, 1.82) is 0 Å². The van der Waals surface area contributed by atoms with E-state index in [4.69, 9.17) is 22.1 Å². The zero-order chi connectivity index (χ0) is 16.1. The minimum atomic E-state index is -0.712. The fraction of sp³-hybridized carbons (Fsp3) is 0.286. The molecule has 0 saturated carbocycles. The molecule has 1 amide bonds. The number of nitrogens with one attached hydrogen (secondary N) is 1. The molecule has 8 heteroatoms. The van der Waals surface area contributed by atoms with Crippen molar-refractivity contribution in [2.45, 2.75) is 22.2 Å². The summed E-state index contributed by atoms with van der Waals surface area (Å²) in [6.07, 6.45) is 0. The molecule has 0 aliphatic rings. The van der Waals surface area contributed by atoms with Crippen LogP contribution in [0, 0.1) is 6.92 Å². The highest BCUT2D eigenvalue weighted by Gasteiger charge is 2.14. The van der Waals surface area contributed by atoms with Gasteiger partial charge >= 0.3 is 0 Å². The summed E-state index contributed by atoms with van der Waals surface area (Å²) in [5.74, 6) is -0.311. The van der Waals surface area contributed by atoms with E-state index in [1.165, 1.54) is 18.9 Å². The summed E-state index contributed by atoms with van der Waals surface area (Å²) in [4.78, 5) is 17.1. The number of hydrogen-bond donors (Lipinski definition) is 2. The van der Waals surface area contributed by atoms with Crippen molar-refractivity contribution in [3.8, 4) is 0 Å². The molecule has 2 aromatic rings. The second kappa shape index (κ2) is 7.94. The third-order valence-electron chi connectivity index (χ3n) is 2.68. The number of rotatable bonds is 6. The number of ether oxygens (including phenoxy) is 1. The number of halogens is 1. The number of benzene rings is 1. The van der Waals surface area contributed by atoms with Gasteiger partial charge in [0.2, 0.25) is 5.91 Å². The van der Waals surface area contributed by atoms with Crippen LogP contribution >= 0.6 is 34.7 Å². The Morgan fingerprint density at radius 1 is 1.59 bits per heavy atom. The monoisotopic (exact) mass is 357 g/mol. The standard InChI is InChI=1S/C14H16ClN3O2S2/c1-8-7-21-14(17-8)22-12-4-3-9(5-10(12)15)18-13(19)11(16)6-20-2/h3-5,7,11H,6,16H2,1-2H3,(H,18,19). The van der Waals surface area contributed by atoms with Gasteiger partial charge in [-0.05, 0) is 25.1 Å². The summed E-state index contributed by atoms with van der Waals surface area (Å²) < 4.78 is 5.78. The van der Waals surface area contributed by atoms with Crippen LogP contribution in [0.3, 0.4) is 0 Å². The maximum absolute atomic E-state index is 11.8. The molecular formula is C14H16ClN3O2S2. The first kappa shape index (κ1) is 17.2. The number of anilines is 1. The van der Waals surface area contributed by atoms with Crippen molar-refractivity contribution in [2.24, 2.45) is 5.73 Å². The predicted octanol–water partition coefficient (Wildman–Crippen LogP) is 3.17. The maximum atomic E-state index is 11.8. The van der Waals surface area contributed by atoms with Gasteiger partial charge in [-0.25, -0.2) is 4.98 Å². The van der Waals surface area contributed by atoms with Gasteiger partial charge in [-0.1, -0.05) is 23.4 Å². The van der Waals surface area contributed by atoms with Gasteiger partial charge in [-0.15, -0.1) is 11.3 Å². The van der Waals surface area contributed by atoms with E-state index in [1.807, 2.05) is 18.4 Å². The number of carbonyl (C=O) groups is 1. The third kappa shape index (κ3) is 4.69. The molecule has 1 atom stereocenters. The van der Waals surface area contributed by atoms with E-state index < -0.39 is 6.04 Å². The molecule has 0 saturated heterocycles. The lowest BCUT2D eigenvalue weighted by Gasteiger charge is -2.12. The topological polar surface area (TPSA) is 77.2 Å². The van der Waals surface area contributed by atoms with E-state index in [0.29, 0.717) is 10.7 Å². The van der Waals surface area contributed by atoms with Crippen LogP contribution in [0.15, 0.2) is 32.8 Å². The number of aryl methyl sites for hydroxylation is 1. The average molecular weight is 358 g/mol. The molecule has 0 spiro atoms. The van der Waals surface area contributed by atoms with E-state index in [-0.39, 0.29) is 12.5 Å². The lowest BCUT2D eigenvalue weighted by molar-refractivity contribution is -0.118. The first-order valence-corrected chi connectivity index (χ1v) is 8.52. The van der Waals surface area contributed by atoms with E-state index >= 15 is 0 Å². The van der Waals surface area contributed by atoms with Gasteiger partial charge in [-0.3, -0.25) is 4.79 Å². The van der Waals surface area contributed by atoms with Crippen LogP contribution in [-0.4, -0.2) is 30.6 Å². The van der Waals surface area contributed by atoms with Gasteiger partial charge in [0.05, 0.1) is 11.6 Å². The van der Waals surface area contributed by atoms with Crippen LogP contribution in [-0.2, 0) is 9.53 Å². The van der Waals surface area contributed by atoms with E-state index in [0.717, 1.165) is 14.9 Å². The molecule has 5 nitrogen and oxygen atoms in total. The molecule has 0 fully saturated rings. The van der Waals surface area contributed by atoms with Gasteiger partial charge in [0.1, 0.15) is 6.04 Å². The highest BCUT2D eigenvalue weighted by molar-refractivity contribution is 8.01. The van der Waals surface area contributed by atoms with Crippen LogP contribution in [0.2, 0.25) is 5.02 Å². The quantitative estimate of drug-likeness (QED) is 0.830. The first-order valence-electron chi connectivity index (χ1n) is 6.44. The predicted molar refractivity (Wildman–Crippen MR) is 90.9 cm³/mol. The number of aromatic nitrogens is 1. The maximum Gasteiger partial charge on any atom is 0.243 e. The Kier molecular flexibility index (Phi) is 6.22. The lowest BCUT2D eigenvalue weighted by Crippen LogP contribution is -2.39. The molecule has 0 radical (unpaired) electrons. The fourth-order valence-electron chi connectivity index (χ4n) is 1.62. The molecule has 2 rings (SSSR count). The lowest BCUT2D eigenvalue weighted by atomic mass is 10.2. The molecule has 22 heavy (non-hydrogen) atoms. The van der Waals surface area contributed by atoms with Crippen molar-refractivity contribution in [1.82, 2.24) is 4.98 Å². The summed E-state index contributed by atoms with van der Waals surface area (Å²) in [6, 6.07) is 4.62. The highest BCUT2D eigenvalue weighted by atomic mass is 35.5. The molecule has 1 aromatic heterocycles. The van der Waals surface area contributed by atoms with Crippen molar-refractivity contribution in [2.75, 3.05) is 19.0 Å². The number of amides is 1. The largest absolute Gasteiger partial charge is 0.383 e. The summed E-state index contributed by atoms with van der Waals surface area (Å²) in [7, 11) is 1.50. The van der Waals surface area contributed by atoms with Gasteiger partial charge in [0.15, 0.2) is 4.34 Å². The Balaban J connectivity index is 2.04. The second-order valence-corrected chi connectivity index (χ2v) is 7.11. The Labute approximate surface area is 142 Å². The number of methoxy groups -OCH3 is 1. The molecule has 1 aromatic carbocycles. The van der Waals surface area contributed by atoms with Crippen molar-refractivity contribution >= 4 is 46.3 Å². The zero-order valence-electron chi connectivity index (χ0n) is 12.1. The molecule has 0 bridgehead atoms. The summed E-state index contributed by atoms with van der Waals surface area (Å²) in [6.45, 7) is 2.11. The highest BCUT2D eigenvalue weighted by Crippen LogP contribution is 2.36. The Morgan fingerprint density at radius 3 is 2.95 bits per heavy atom. The number of nitrogens with zero attached hydrogens (tertiary/aromatic N) is 1. The van der Waals surface area contributed by atoms with Crippen LogP contribution in [0.25, 0.3) is 0 Å². The second-order valence-electron chi connectivity index (χ2n) is 4.55. The molecule has 1 heterocycles. The van der Waals surface area contributed by atoms with Crippen LogP contribution in [0.1, 0.15) is 5.69 Å². The van der Waals surface area contributed by atoms with E-state index in [1.54, 1.807) is 23.5 Å². The molecular weight excluding hydrogens is 342 g/mol. The first-order chi connectivity index (χ1) is 10.5. The Hall–Kier alpha value is -1.12. The van der Waals surface area contributed by atoms with Gasteiger partial charge < -0.3 is 15.8 Å². The van der Waals surface area contributed by atoms with Crippen molar-refractivity contribution < 1.29 is 9.53 Å². The fourth-order valence-corrected chi connectivity index (χ4v) is 3.72. The SMILES string of the molecule is COCC(N)C(=O)Nc1ccc(Sc2nc(C)cs2)c(Cl)c1. The summed E-state index contributed by atoms with van der Waals surface area (Å²) in [5.41, 5.74) is 7.25. The van der Waals surface area contributed by atoms with E-state index in [9.17, 15) is 4.79 Å². The normalized spacial score (nSPS) is 12.2. The average Bonchev–Trinajstić information content (AvgIpc) is 2.87. The number of hydrogen-bond acceptors (Lipinski definition) is 6. The Morgan fingerprint density at radius 2 is 2.36 bits per heavy atom. The molecule has 0 aliphatic carbocycles. The number of nitrogens with two attached hydrogens (primary N) is 1. The van der Waals surface area contributed by atoms with Gasteiger partial charge in [0.25, 0.3) is 0 Å². The molecule has 0 aliphatic heterocycles. The smallest absolute Gasteiger partial charge is 0.243 e. The van der Waals surface area contributed by atoms with Gasteiger partial charge in [0, 0.05) is 28.8 Å².